The van der Waals surface area contributed by atoms with Gasteiger partial charge in [-0.1, -0.05) is 0 Å². The predicted octanol–water partition coefficient (Wildman–Crippen LogP) is 4.41. The van der Waals surface area contributed by atoms with Crippen molar-refractivity contribution in [3.63, 3.8) is 0 Å². The van der Waals surface area contributed by atoms with E-state index in [1.807, 2.05) is 0 Å². The Labute approximate surface area is 108 Å². The molecule has 0 aliphatic rings. The van der Waals surface area contributed by atoms with E-state index in [-0.39, 0.29) is 0 Å². The Morgan fingerprint density at radius 1 is 0.733 bits per heavy atom. The zero-order chi connectivity index (χ0) is 12.3. The van der Waals surface area contributed by atoms with Gasteiger partial charge in [0.15, 0.2) is 0 Å². The molecule has 0 fully saturated rings. The molecule has 0 nitrogen and oxygen atoms in total. The van der Waals surface area contributed by atoms with E-state index in [1.54, 1.807) is 12.1 Å². The quantitative estimate of drug-likeness (QED) is 0.617. The molecule has 0 atom stereocenters. The first-order chi connectivity index (χ1) is 6.54. The van der Waals surface area contributed by atoms with Gasteiger partial charge in [-0.3, -0.25) is 0 Å². The van der Waals surface area contributed by atoms with Crippen LogP contribution < -0.4 is 0 Å². The van der Waals surface area contributed by atoms with Crippen molar-refractivity contribution < 1.29 is 0 Å². The molecule has 0 aliphatic heterocycles. The Bertz CT molecular complexity index is 166. The average molecular weight is 358 g/mol. The first kappa shape index (κ1) is 16.2. The van der Waals surface area contributed by atoms with Gasteiger partial charge in [-0.25, -0.2) is 0 Å². The van der Waals surface area contributed by atoms with Gasteiger partial charge < -0.3 is 0 Å². The van der Waals surface area contributed by atoms with Crippen LogP contribution in [-0.2, 0) is 0 Å². The maximum atomic E-state index is 2.66. The molecular weight excluding hydrogens is 328 g/mol. The van der Waals surface area contributed by atoms with Gasteiger partial charge in [-0.2, -0.15) is 0 Å². The van der Waals surface area contributed by atoms with Crippen molar-refractivity contribution in [3.8, 4) is 0 Å². The van der Waals surface area contributed by atoms with Gasteiger partial charge in [0.2, 0.25) is 0 Å². The molecule has 0 heterocycles. The van der Waals surface area contributed by atoms with Crippen LogP contribution in [0.4, 0.5) is 0 Å². The van der Waals surface area contributed by atoms with E-state index in [0.29, 0.717) is 19.3 Å². The summed E-state index contributed by atoms with van der Waals surface area (Å²) in [5.74, 6) is 1.86. The van der Waals surface area contributed by atoms with E-state index in [4.69, 9.17) is 0 Å². The molecule has 0 N–H and O–H groups in total. The Morgan fingerprint density at radius 3 is 1.20 bits per heavy atom. The van der Waals surface area contributed by atoms with E-state index < -0.39 is 11.2 Å². The molecule has 92 valence electrons. The fourth-order valence-electron chi connectivity index (χ4n) is 2.80. The third-order valence-corrected chi connectivity index (χ3v) is 41.6. The first-order valence-corrected chi connectivity index (χ1v) is 19.5. The van der Waals surface area contributed by atoms with Crippen LogP contribution >= 0.6 is 0 Å². The molecule has 0 aromatic heterocycles. The van der Waals surface area contributed by atoms with Crippen molar-refractivity contribution in [1.82, 2.24) is 0 Å². The Kier molecular flexibility index (Phi) is 6.74. The molecule has 0 spiro atoms. The molecule has 0 rings (SSSR count). The van der Waals surface area contributed by atoms with Crippen LogP contribution in [0.5, 0.6) is 0 Å². The van der Waals surface area contributed by atoms with Crippen LogP contribution in [0.1, 0.15) is 27.7 Å². The van der Waals surface area contributed by atoms with Crippen LogP contribution in [-0.4, -0.2) is 30.6 Å². The van der Waals surface area contributed by atoms with Crippen molar-refractivity contribution in [2.45, 2.75) is 66.0 Å². The second kappa shape index (κ2) is 6.24. The van der Waals surface area contributed by atoms with Gasteiger partial charge >= 0.3 is 108 Å². The molecule has 3 heteroatoms. The molecule has 0 radical (unpaired) electrons. The average Bonchev–Trinajstić information content (AvgIpc) is 1.73. The molecule has 0 aliphatic carbocycles. The summed E-state index contributed by atoms with van der Waals surface area (Å²) in [6, 6.07) is 3.15. The van der Waals surface area contributed by atoms with Gasteiger partial charge in [0.1, 0.15) is 0 Å². The monoisotopic (exact) mass is 360 g/mol. The molecule has 0 amide bonds. The van der Waals surface area contributed by atoms with Crippen LogP contribution in [0.15, 0.2) is 0 Å². The molecule has 0 aromatic carbocycles. The summed E-state index contributed by atoms with van der Waals surface area (Å²) < 4.78 is 0. The van der Waals surface area contributed by atoms with Gasteiger partial charge in [0.25, 0.3) is 0 Å². The zero-order valence-electron chi connectivity index (χ0n) is 12.0. The second-order valence-corrected chi connectivity index (χ2v) is 39.7. The SMILES string of the molecule is CC(C)C[Si](C)(C)[Te][Si](C)(C)CC(C)C. The fraction of sp³-hybridized carbons (Fsp3) is 1.00. The second-order valence-electron chi connectivity index (χ2n) is 6.82. The standard InChI is InChI=1S/C12H30Si2Te/c1-11(2)9-13(5,6)15-14(7,8)10-12(3)4/h11-12H,9-10H2,1-8H3. The molecular formula is C12H30Si2Te. The van der Waals surface area contributed by atoms with Crippen molar-refractivity contribution in [3.05, 3.63) is 0 Å². The maximum absolute atomic E-state index is 2.66. The fourth-order valence-corrected chi connectivity index (χ4v) is 61.8. The van der Waals surface area contributed by atoms with Gasteiger partial charge in [-0.15, -0.1) is 0 Å². The predicted molar refractivity (Wildman–Crippen MR) is 80.0 cm³/mol. The van der Waals surface area contributed by atoms with Crippen molar-refractivity contribution in [2.75, 3.05) is 0 Å². The van der Waals surface area contributed by atoms with E-state index in [0.717, 1.165) is 11.8 Å². The summed E-state index contributed by atoms with van der Waals surface area (Å²) >= 11 is 0.347. The molecule has 0 saturated heterocycles. The zero-order valence-corrected chi connectivity index (χ0v) is 16.3. The summed E-state index contributed by atoms with van der Waals surface area (Å²) in [7, 11) is 0. The Balaban J connectivity index is 4.29. The number of hydrogen-bond acceptors (Lipinski definition) is 0. The third-order valence-electron chi connectivity index (χ3n) is 2.35. The molecule has 15 heavy (non-hydrogen) atoms. The molecule has 0 saturated carbocycles. The van der Waals surface area contributed by atoms with Crippen LogP contribution in [0.2, 0.25) is 38.3 Å². The first-order valence-electron chi connectivity index (χ1n) is 6.24. The molecule has 0 bridgehead atoms. The normalized spacial score (nSPS) is 14.0. The summed E-state index contributed by atoms with van der Waals surface area (Å²) in [6.45, 7) is 20.2. The van der Waals surface area contributed by atoms with Crippen molar-refractivity contribution in [2.24, 2.45) is 11.8 Å². The van der Waals surface area contributed by atoms with E-state index in [9.17, 15) is 0 Å². The van der Waals surface area contributed by atoms with Crippen LogP contribution in [0.25, 0.3) is 0 Å². The molecule has 0 aromatic rings. The Morgan fingerprint density at radius 2 is 1.00 bits per heavy atom. The van der Waals surface area contributed by atoms with Crippen LogP contribution in [0.3, 0.4) is 0 Å². The van der Waals surface area contributed by atoms with Crippen molar-refractivity contribution >= 4 is 30.6 Å². The van der Waals surface area contributed by atoms with E-state index >= 15 is 0 Å². The summed E-state index contributed by atoms with van der Waals surface area (Å²) in [5, 5.41) is 0. The third kappa shape index (κ3) is 8.97. The van der Waals surface area contributed by atoms with E-state index in [2.05, 4.69) is 53.9 Å². The number of hydrogen-bond donors (Lipinski definition) is 0. The topological polar surface area (TPSA) is 0 Å². The number of rotatable bonds is 6. The Hall–Kier alpha value is 1.22. The summed E-state index contributed by atoms with van der Waals surface area (Å²) in [4.78, 5) is 0. The van der Waals surface area contributed by atoms with E-state index in [1.165, 1.54) is 0 Å². The molecule has 0 unspecified atom stereocenters. The van der Waals surface area contributed by atoms with Gasteiger partial charge in [0.05, 0.1) is 0 Å². The van der Waals surface area contributed by atoms with Crippen molar-refractivity contribution in [1.29, 1.82) is 0 Å². The minimum absolute atomic E-state index is 0.347. The van der Waals surface area contributed by atoms with Gasteiger partial charge in [-0.05, 0) is 0 Å². The summed E-state index contributed by atoms with van der Waals surface area (Å²) in [6.07, 6.45) is 0. The van der Waals surface area contributed by atoms with Crippen LogP contribution in [0, 0.1) is 11.8 Å². The van der Waals surface area contributed by atoms with Gasteiger partial charge in [0, 0.05) is 0 Å². The minimum atomic E-state index is -0.777. The summed E-state index contributed by atoms with van der Waals surface area (Å²) in [5.41, 5.74) is -1.55.